The Morgan fingerprint density at radius 2 is 2.08 bits per heavy atom. The second-order valence-corrected chi connectivity index (χ2v) is 5.02. The predicted molar refractivity (Wildman–Crippen MR) is 63.9 cm³/mol. The van der Waals surface area contributed by atoms with Crippen LogP contribution in [0.2, 0.25) is 0 Å². The number of hydrogen-bond acceptors (Lipinski definition) is 1. The lowest BCUT2D eigenvalue weighted by Gasteiger charge is -1.99. The van der Waals surface area contributed by atoms with Gasteiger partial charge in [-0.15, -0.1) is 11.3 Å². The molecule has 1 aromatic carbocycles. The van der Waals surface area contributed by atoms with Crippen LogP contribution >= 0.6 is 27.3 Å². The molecule has 68 valence electrons. The fourth-order valence-electron chi connectivity index (χ4n) is 1.62. The van der Waals surface area contributed by atoms with Crippen molar-refractivity contribution in [2.75, 3.05) is 0 Å². The molecule has 0 atom stereocenters. The van der Waals surface area contributed by atoms with E-state index in [1.165, 1.54) is 26.1 Å². The molecule has 0 radical (unpaired) electrons. The average molecular weight is 255 g/mol. The third-order valence-electron chi connectivity index (χ3n) is 2.42. The normalized spacial score (nSPS) is 11.0. The van der Waals surface area contributed by atoms with Crippen LogP contribution in [0.5, 0.6) is 0 Å². The Bertz CT molecular complexity index is 443. The first kappa shape index (κ1) is 9.22. The second kappa shape index (κ2) is 3.43. The third kappa shape index (κ3) is 1.42. The Morgan fingerprint density at radius 1 is 1.31 bits per heavy atom. The summed E-state index contributed by atoms with van der Waals surface area (Å²) in [6, 6.07) is 6.52. The summed E-state index contributed by atoms with van der Waals surface area (Å²) in [5, 5.41) is 2.39. The summed E-state index contributed by atoms with van der Waals surface area (Å²) >= 11 is 5.41. The molecule has 0 N–H and O–H groups in total. The van der Waals surface area contributed by atoms with Crippen LogP contribution in [0.25, 0.3) is 10.1 Å². The van der Waals surface area contributed by atoms with Gasteiger partial charge in [-0.3, -0.25) is 0 Å². The van der Waals surface area contributed by atoms with Crippen molar-refractivity contribution in [2.24, 2.45) is 0 Å². The highest BCUT2D eigenvalue weighted by Gasteiger charge is 2.07. The first-order valence-electron chi connectivity index (χ1n) is 4.27. The smallest absolute Gasteiger partial charge is 0.0351 e. The average Bonchev–Trinajstić information content (AvgIpc) is 2.43. The van der Waals surface area contributed by atoms with Crippen LogP contribution in [0.4, 0.5) is 0 Å². The second-order valence-electron chi connectivity index (χ2n) is 3.21. The predicted octanol–water partition coefficient (Wildman–Crippen LogP) is 4.41. The van der Waals surface area contributed by atoms with Gasteiger partial charge in [0.25, 0.3) is 0 Å². The van der Waals surface area contributed by atoms with Gasteiger partial charge in [0.1, 0.15) is 0 Å². The highest BCUT2D eigenvalue weighted by molar-refractivity contribution is 9.08. The monoisotopic (exact) mass is 254 g/mol. The Balaban J connectivity index is 2.87. The van der Waals surface area contributed by atoms with Gasteiger partial charge in [0.05, 0.1) is 0 Å². The maximum absolute atomic E-state index is 3.53. The number of aryl methyl sites for hydroxylation is 2. The van der Waals surface area contributed by atoms with E-state index in [0.29, 0.717) is 0 Å². The highest BCUT2D eigenvalue weighted by Crippen LogP contribution is 2.33. The Kier molecular flexibility index (Phi) is 2.43. The van der Waals surface area contributed by atoms with Gasteiger partial charge in [0.15, 0.2) is 0 Å². The number of benzene rings is 1. The number of alkyl halides is 1. The summed E-state index contributed by atoms with van der Waals surface area (Å²) in [6.07, 6.45) is 0. The van der Waals surface area contributed by atoms with E-state index in [9.17, 15) is 0 Å². The lowest BCUT2D eigenvalue weighted by Crippen LogP contribution is -1.80. The van der Waals surface area contributed by atoms with Crippen LogP contribution in [0.3, 0.4) is 0 Å². The SMILES string of the molecule is Cc1sc2cccc(CBr)c2c1C. The number of rotatable bonds is 1. The zero-order valence-electron chi connectivity index (χ0n) is 7.73. The van der Waals surface area contributed by atoms with E-state index in [1.807, 2.05) is 11.3 Å². The van der Waals surface area contributed by atoms with Crippen LogP contribution in [0, 0.1) is 13.8 Å². The standard InChI is InChI=1S/C11H11BrS/c1-7-8(2)13-10-5-3-4-9(6-12)11(7)10/h3-5H,6H2,1-2H3. The van der Waals surface area contributed by atoms with Gasteiger partial charge in [-0.1, -0.05) is 28.1 Å². The minimum atomic E-state index is 0.946. The lowest BCUT2D eigenvalue weighted by molar-refractivity contribution is 1.43. The van der Waals surface area contributed by atoms with Crippen LogP contribution in [-0.4, -0.2) is 0 Å². The topological polar surface area (TPSA) is 0 Å². The zero-order valence-corrected chi connectivity index (χ0v) is 10.1. The summed E-state index contributed by atoms with van der Waals surface area (Å²) in [6.45, 7) is 4.40. The van der Waals surface area contributed by atoms with Crippen molar-refractivity contribution in [3.8, 4) is 0 Å². The summed E-state index contributed by atoms with van der Waals surface area (Å²) in [7, 11) is 0. The summed E-state index contributed by atoms with van der Waals surface area (Å²) in [4.78, 5) is 1.43. The molecule has 2 heteroatoms. The lowest BCUT2D eigenvalue weighted by atomic mass is 10.1. The van der Waals surface area contributed by atoms with E-state index >= 15 is 0 Å². The van der Waals surface area contributed by atoms with E-state index < -0.39 is 0 Å². The van der Waals surface area contributed by atoms with Crippen LogP contribution in [-0.2, 0) is 5.33 Å². The van der Waals surface area contributed by atoms with Gasteiger partial charge in [-0.05, 0) is 36.4 Å². The summed E-state index contributed by atoms with van der Waals surface area (Å²) in [5.74, 6) is 0. The molecular formula is C11H11BrS. The zero-order chi connectivity index (χ0) is 9.42. The molecule has 0 saturated carbocycles. The third-order valence-corrected chi connectivity index (χ3v) is 4.20. The molecule has 1 heterocycles. The minimum absolute atomic E-state index is 0.946. The maximum Gasteiger partial charge on any atom is 0.0351 e. The molecule has 13 heavy (non-hydrogen) atoms. The molecular weight excluding hydrogens is 244 g/mol. The molecule has 0 unspecified atom stereocenters. The fraction of sp³-hybridized carbons (Fsp3) is 0.273. The van der Waals surface area contributed by atoms with Crippen LogP contribution < -0.4 is 0 Å². The van der Waals surface area contributed by atoms with E-state index in [4.69, 9.17) is 0 Å². The highest BCUT2D eigenvalue weighted by atomic mass is 79.9. The quantitative estimate of drug-likeness (QED) is 0.662. The van der Waals surface area contributed by atoms with Gasteiger partial charge in [0.2, 0.25) is 0 Å². The molecule has 0 aliphatic heterocycles. The molecule has 0 aliphatic carbocycles. The number of halogens is 1. The number of fused-ring (bicyclic) bond motifs is 1. The van der Waals surface area contributed by atoms with Gasteiger partial charge in [-0.2, -0.15) is 0 Å². The first-order chi connectivity index (χ1) is 6.24. The Morgan fingerprint density at radius 3 is 2.77 bits per heavy atom. The molecule has 0 saturated heterocycles. The molecule has 0 nitrogen and oxygen atoms in total. The maximum atomic E-state index is 3.53. The van der Waals surface area contributed by atoms with Crippen LogP contribution in [0.15, 0.2) is 18.2 Å². The van der Waals surface area contributed by atoms with E-state index in [-0.39, 0.29) is 0 Å². The van der Waals surface area contributed by atoms with Crippen molar-refractivity contribution in [1.82, 2.24) is 0 Å². The van der Waals surface area contributed by atoms with Crippen molar-refractivity contribution in [3.63, 3.8) is 0 Å². The molecule has 0 bridgehead atoms. The number of thiophene rings is 1. The van der Waals surface area contributed by atoms with Crippen molar-refractivity contribution in [3.05, 3.63) is 34.2 Å². The van der Waals surface area contributed by atoms with Gasteiger partial charge in [-0.25, -0.2) is 0 Å². The molecule has 1 aromatic heterocycles. The van der Waals surface area contributed by atoms with E-state index in [2.05, 4.69) is 48.0 Å². The number of hydrogen-bond donors (Lipinski definition) is 0. The van der Waals surface area contributed by atoms with E-state index in [0.717, 1.165) is 5.33 Å². The van der Waals surface area contributed by atoms with Gasteiger partial charge < -0.3 is 0 Å². The summed E-state index contributed by atoms with van der Waals surface area (Å²) in [5.41, 5.74) is 2.84. The van der Waals surface area contributed by atoms with Crippen molar-refractivity contribution in [1.29, 1.82) is 0 Å². The molecule has 0 amide bonds. The minimum Gasteiger partial charge on any atom is -0.140 e. The molecule has 0 fully saturated rings. The first-order valence-corrected chi connectivity index (χ1v) is 6.21. The van der Waals surface area contributed by atoms with Gasteiger partial charge in [0, 0.05) is 14.9 Å². The van der Waals surface area contributed by atoms with Crippen molar-refractivity contribution in [2.45, 2.75) is 19.2 Å². The molecule has 0 spiro atoms. The fourth-order valence-corrected chi connectivity index (χ4v) is 3.20. The molecule has 2 aromatic rings. The van der Waals surface area contributed by atoms with E-state index in [1.54, 1.807) is 0 Å². The van der Waals surface area contributed by atoms with Gasteiger partial charge >= 0.3 is 0 Å². The van der Waals surface area contributed by atoms with Crippen LogP contribution in [0.1, 0.15) is 16.0 Å². The van der Waals surface area contributed by atoms with Crippen molar-refractivity contribution < 1.29 is 0 Å². The largest absolute Gasteiger partial charge is 0.140 e. The Labute approximate surface area is 90.7 Å². The molecule has 0 aliphatic rings. The molecule has 2 rings (SSSR count). The van der Waals surface area contributed by atoms with Crippen molar-refractivity contribution >= 4 is 37.4 Å². The summed E-state index contributed by atoms with van der Waals surface area (Å²) < 4.78 is 1.41. The Hall–Kier alpha value is -0.340.